The molecule has 0 bridgehead atoms. The van der Waals surface area contributed by atoms with Crippen LogP contribution in [-0.4, -0.2) is 23.0 Å². The van der Waals surface area contributed by atoms with Crippen LogP contribution in [0.3, 0.4) is 0 Å². The fraction of sp³-hybridized carbons (Fsp3) is 0.318. The van der Waals surface area contributed by atoms with Crippen LogP contribution >= 0.6 is 23.2 Å². The fourth-order valence-corrected chi connectivity index (χ4v) is 4.90. The lowest BCUT2D eigenvalue weighted by Crippen LogP contribution is -2.47. The SMILES string of the molecule is Cc1ccc2c(c1)[C@@]1(C)c3c(C)nn(-c4cc(Cl)ccc4Cl)c3OC[C@H]1CO2. The van der Waals surface area contributed by atoms with E-state index in [0.29, 0.717) is 23.3 Å². The van der Waals surface area contributed by atoms with Crippen molar-refractivity contribution in [3.8, 4) is 17.3 Å². The minimum atomic E-state index is -0.249. The van der Waals surface area contributed by atoms with Crippen molar-refractivity contribution in [1.29, 1.82) is 0 Å². The standard InChI is InChI=1S/C22H20Cl2N2O2/c1-12-4-7-19-16(8-12)22(3)14(10-27-19)11-28-21-20(22)13(2)25-26(21)18-9-15(23)5-6-17(18)24/h4-9,14H,10-11H2,1-3H3/t14-,22+/m1/s1. The van der Waals surface area contributed by atoms with Gasteiger partial charge >= 0.3 is 0 Å². The lowest BCUT2D eigenvalue weighted by atomic mass is 9.65. The highest BCUT2D eigenvalue weighted by Crippen LogP contribution is 2.53. The predicted octanol–water partition coefficient (Wildman–Crippen LogP) is 5.50. The summed E-state index contributed by atoms with van der Waals surface area (Å²) in [5.74, 6) is 1.88. The molecule has 0 N–H and O–H groups in total. The van der Waals surface area contributed by atoms with Crippen LogP contribution in [0.2, 0.25) is 10.0 Å². The van der Waals surface area contributed by atoms with Crippen LogP contribution in [0.1, 0.15) is 29.3 Å². The molecule has 2 atom stereocenters. The first-order valence-corrected chi connectivity index (χ1v) is 10.1. The molecule has 5 rings (SSSR count). The molecule has 3 heterocycles. The van der Waals surface area contributed by atoms with E-state index in [9.17, 15) is 0 Å². The second kappa shape index (κ2) is 6.16. The molecule has 4 nitrogen and oxygen atoms in total. The smallest absolute Gasteiger partial charge is 0.221 e. The van der Waals surface area contributed by atoms with Gasteiger partial charge in [0.05, 0.1) is 29.6 Å². The Bertz CT molecular complexity index is 1110. The van der Waals surface area contributed by atoms with Gasteiger partial charge in [-0.15, -0.1) is 0 Å². The van der Waals surface area contributed by atoms with E-state index >= 15 is 0 Å². The van der Waals surface area contributed by atoms with E-state index in [0.717, 1.165) is 28.6 Å². The summed E-state index contributed by atoms with van der Waals surface area (Å²) in [6.07, 6.45) is 0. The van der Waals surface area contributed by atoms with Crippen LogP contribution in [0.25, 0.3) is 5.69 Å². The highest BCUT2D eigenvalue weighted by Gasteiger charge is 2.50. The van der Waals surface area contributed by atoms with Crippen LogP contribution in [0.4, 0.5) is 0 Å². The Morgan fingerprint density at radius 3 is 2.68 bits per heavy atom. The Morgan fingerprint density at radius 1 is 1.07 bits per heavy atom. The van der Waals surface area contributed by atoms with Crippen molar-refractivity contribution >= 4 is 23.2 Å². The summed E-state index contributed by atoms with van der Waals surface area (Å²) >= 11 is 12.7. The Balaban J connectivity index is 1.77. The number of benzene rings is 2. The summed E-state index contributed by atoms with van der Waals surface area (Å²) in [5, 5.41) is 5.99. The number of nitrogens with zero attached hydrogens (tertiary/aromatic N) is 2. The maximum atomic E-state index is 6.46. The van der Waals surface area contributed by atoms with Gasteiger partial charge in [0.15, 0.2) is 0 Å². The zero-order valence-electron chi connectivity index (χ0n) is 15.9. The first-order valence-electron chi connectivity index (χ1n) is 9.32. The zero-order valence-corrected chi connectivity index (χ0v) is 17.4. The van der Waals surface area contributed by atoms with E-state index in [-0.39, 0.29) is 11.3 Å². The largest absolute Gasteiger partial charge is 0.493 e. The van der Waals surface area contributed by atoms with Crippen molar-refractivity contribution in [1.82, 2.24) is 9.78 Å². The normalized spacial score (nSPS) is 22.5. The summed E-state index contributed by atoms with van der Waals surface area (Å²) in [6, 6.07) is 11.7. The Morgan fingerprint density at radius 2 is 1.86 bits per heavy atom. The number of aryl methyl sites for hydroxylation is 2. The molecule has 0 unspecified atom stereocenters. The third-order valence-electron chi connectivity index (χ3n) is 6.05. The Hall–Kier alpha value is -2.17. The molecule has 2 aliphatic heterocycles. The Kier molecular flexibility index (Phi) is 3.94. The molecule has 0 fully saturated rings. The molecule has 0 spiro atoms. The van der Waals surface area contributed by atoms with Gasteiger partial charge in [-0.25, -0.2) is 0 Å². The van der Waals surface area contributed by atoms with Gasteiger partial charge in [-0.05, 0) is 38.1 Å². The predicted molar refractivity (Wildman–Crippen MR) is 110 cm³/mol. The van der Waals surface area contributed by atoms with E-state index in [2.05, 4.69) is 32.0 Å². The molecule has 1 aromatic heterocycles. The molecule has 0 saturated heterocycles. The topological polar surface area (TPSA) is 36.3 Å². The maximum Gasteiger partial charge on any atom is 0.221 e. The summed E-state index contributed by atoms with van der Waals surface area (Å²) in [5.41, 5.74) is 4.88. The molecular formula is C22H20Cl2N2O2. The summed E-state index contributed by atoms with van der Waals surface area (Å²) in [4.78, 5) is 0. The van der Waals surface area contributed by atoms with Gasteiger partial charge in [-0.2, -0.15) is 9.78 Å². The molecule has 0 amide bonds. The highest BCUT2D eigenvalue weighted by atomic mass is 35.5. The quantitative estimate of drug-likeness (QED) is 0.527. The number of ether oxygens (including phenoxy) is 2. The van der Waals surface area contributed by atoms with Crippen LogP contribution in [-0.2, 0) is 5.41 Å². The van der Waals surface area contributed by atoms with Gasteiger partial charge in [-0.3, -0.25) is 0 Å². The van der Waals surface area contributed by atoms with Crippen molar-refractivity contribution in [2.75, 3.05) is 13.2 Å². The number of hydrogen-bond donors (Lipinski definition) is 0. The monoisotopic (exact) mass is 414 g/mol. The first-order chi connectivity index (χ1) is 13.4. The summed E-state index contributed by atoms with van der Waals surface area (Å²) < 4.78 is 14.1. The zero-order chi connectivity index (χ0) is 19.6. The molecule has 2 aliphatic rings. The molecule has 6 heteroatoms. The molecule has 0 radical (unpaired) electrons. The molecule has 3 aromatic rings. The van der Waals surface area contributed by atoms with Crippen LogP contribution in [0.15, 0.2) is 36.4 Å². The first kappa shape index (κ1) is 17.9. The van der Waals surface area contributed by atoms with Crippen molar-refractivity contribution in [3.63, 3.8) is 0 Å². The van der Waals surface area contributed by atoms with E-state index in [1.165, 1.54) is 11.1 Å². The van der Waals surface area contributed by atoms with Crippen molar-refractivity contribution in [2.45, 2.75) is 26.2 Å². The van der Waals surface area contributed by atoms with Gasteiger partial charge in [0.2, 0.25) is 5.88 Å². The van der Waals surface area contributed by atoms with Crippen molar-refractivity contribution in [3.05, 3.63) is 68.8 Å². The fourth-order valence-electron chi connectivity index (χ4n) is 4.53. The van der Waals surface area contributed by atoms with Gasteiger partial charge in [0.1, 0.15) is 5.75 Å². The van der Waals surface area contributed by atoms with Crippen LogP contribution in [0, 0.1) is 19.8 Å². The average molecular weight is 415 g/mol. The van der Waals surface area contributed by atoms with Crippen LogP contribution < -0.4 is 9.47 Å². The number of fused-ring (bicyclic) bond motifs is 5. The van der Waals surface area contributed by atoms with E-state index in [1.807, 2.05) is 13.0 Å². The van der Waals surface area contributed by atoms with Crippen molar-refractivity contribution in [2.24, 2.45) is 5.92 Å². The third-order valence-corrected chi connectivity index (χ3v) is 6.60. The number of halogens is 2. The van der Waals surface area contributed by atoms with Crippen LogP contribution in [0.5, 0.6) is 11.6 Å². The lowest BCUT2D eigenvalue weighted by molar-refractivity contribution is 0.0826. The van der Waals surface area contributed by atoms with Gasteiger partial charge in [-0.1, -0.05) is 47.8 Å². The highest BCUT2D eigenvalue weighted by molar-refractivity contribution is 6.34. The number of rotatable bonds is 1. The maximum absolute atomic E-state index is 6.46. The molecule has 28 heavy (non-hydrogen) atoms. The second-order valence-corrected chi connectivity index (χ2v) is 8.64. The Labute approximate surface area is 174 Å². The van der Waals surface area contributed by atoms with Gasteiger partial charge in [0, 0.05) is 27.5 Å². The van der Waals surface area contributed by atoms with E-state index in [4.69, 9.17) is 37.8 Å². The molecule has 0 aliphatic carbocycles. The third kappa shape index (κ3) is 2.41. The minimum absolute atomic E-state index is 0.209. The summed E-state index contributed by atoms with van der Waals surface area (Å²) in [6.45, 7) is 7.58. The molecule has 2 aromatic carbocycles. The van der Waals surface area contributed by atoms with Gasteiger partial charge in [0.25, 0.3) is 0 Å². The molecule has 0 saturated carbocycles. The minimum Gasteiger partial charge on any atom is -0.493 e. The van der Waals surface area contributed by atoms with Gasteiger partial charge < -0.3 is 9.47 Å². The van der Waals surface area contributed by atoms with E-state index in [1.54, 1.807) is 16.8 Å². The lowest BCUT2D eigenvalue weighted by Gasteiger charge is -2.45. The molecule has 144 valence electrons. The second-order valence-electron chi connectivity index (χ2n) is 7.79. The van der Waals surface area contributed by atoms with E-state index < -0.39 is 0 Å². The number of aromatic nitrogens is 2. The van der Waals surface area contributed by atoms with Crippen molar-refractivity contribution < 1.29 is 9.47 Å². The average Bonchev–Trinajstić information content (AvgIpc) is 3.01. The summed E-state index contributed by atoms with van der Waals surface area (Å²) in [7, 11) is 0. The number of hydrogen-bond acceptors (Lipinski definition) is 3. The molecular weight excluding hydrogens is 395 g/mol.